The van der Waals surface area contributed by atoms with Crippen molar-refractivity contribution in [3.05, 3.63) is 92.7 Å². The molecule has 4 aromatic rings. The van der Waals surface area contributed by atoms with Crippen molar-refractivity contribution >= 4 is 39.1 Å². The second kappa shape index (κ2) is 8.65. The molecule has 31 heavy (non-hydrogen) atoms. The van der Waals surface area contributed by atoms with E-state index in [2.05, 4.69) is 31.3 Å². The van der Waals surface area contributed by atoms with Crippen molar-refractivity contribution in [2.45, 2.75) is 20.8 Å². The number of aromatic nitrogens is 3. The molecule has 1 N–H and O–H groups in total. The van der Waals surface area contributed by atoms with Crippen LogP contribution in [0.1, 0.15) is 27.3 Å². The summed E-state index contributed by atoms with van der Waals surface area (Å²) in [5.74, 6) is 0.275. The molecular weight excluding hydrogens is 476 g/mol. The summed E-state index contributed by atoms with van der Waals surface area (Å²) in [5, 5.41) is 8.08. The summed E-state index contributed by atoms with van der Waals surface area (Å²) in [6.45, 7) is 5.87. The van der Waals surface area contributed by atoms with Crippen molar-refractivity contribution in [3.63, 3.8) is 0 Å². The van der Waals surface area contributed by atoms with Crippen molar-refractivity contribution in [1.82, 2.24) is 14.8 Å². The summed E-state index contributed by atoms with van der Waals surface area (Å²) >= 11 is 9.78. The van der Waals surface area contributed by atoms with Crippen LogP contribution in [0.3, 0.4) is 0 Å². The molecule has 1 heterocycles. The fourth-order valence-electron chi connectivity index (χ4n) is 3.24. The van der Waals surface area contributed by atoms with Gasteiger partial charge in [0, 0.05) is 20.7 Å². The number of carbonyl (C=O) groups excluding carboxylic acids is 1. The van der Waals surface area contributed by atoms with Crippen LogP contribution < -0.4 is 5.32 Å². The van der Waals surface area contributed by atoms with E-state index in [1.807, 2.05) is 81.4 Å². The van der Waals surface area contributed by atoms with E-state index in [1.165, 1.54) is 0 Å². The molecule has 0 bridgehead atoms. The van der Waals surface area contributed by atoms with Crippen LogP contribution in [0.2, 0.25) is 5.02 Å². The first-order chi connectivity index (χ1) is 14.8. The van der Waals surface area contributed by atoms with Crippen LogP contribution in [-0.2, 0) is 0 Å². The Kier molecular flexibility index (Phi) is 5.94. The second-order valence-corrected chi connectivity index (χ2v) is 8.66. The van der Waals surface area contributed by atoms with Gasteiger partial charge in [-0.2, -0.15) is 0 Å². The Bertz CT molecular complexity index is 1280. The molecule has 0 unspecified atom stereocenters. The molecule has 0 saturated carbocycles. The molecule has 0 radical (unpaired) electrons. The summed E-state index contributed by atoms with van der Waals surface area (Å²) in [5.41, 5.74) is 5.27. The normalized spacial score (nSPS) is 10.9. The molecule has 0 fully saturated rings. The first kappa shape index (κ1) is 21.3. The first-order valence-corrected chi connectivity index (χ1v) is 10.9. The Labute approximate surface area is 194 Å². The summed E-state index contributed by atoms with van der Waals surface area (Å²) in [6, 6.07) is 19.2. The monoisotopic (exact) mass is 494 g/mol. The predicted molar refractivity (Wildman–Crippen MR) is 128 cm³/mol. The van der Waals surface area contributed by atoms with Crippen LogP contribution >= 0.6 is 27.5 Å². The maximum absolute atomic E-state index is 13.0. The van der Waals surface area contributed by atoms with Crippen molar-refractivity contribution < 1.29 is 4.79 Å². The zero-order chi connectivity index (χ0) is 22.1. The van der Waals surface area contributed by atoms with E-state index in [0.29, 0.717) is 16.5 Å². The van der Waals surface area contributed by atoms with Crippen LogP contribution in [0.4, 0.5) is 5.69 Å². The molecule has 0 aliphatic carbocycles. The number of rotatable bonds is 4. The Balaban J connectivity index is 1.80. The standard InChI is InChI=1S/C24H20BrClN4O/c1-14-7-9-17(10-8-14)23-28-22(24(31)27-20-12-11-18(25)13-15(20)2)29-30(23)21-6-4-5-19(26)16(21)3/h4-13H,1-3H3,(H,27,31). The molecule has 156 valence electrons. The molecule has 0 aliphatic heterocycles. The highest BCUT2D eigenvalue weighted by Gasteiger charge is 2.20. The highest BCUT2D eigenvalue weighted by atomic mass is 79.9. The second-order valence-electron chi connectivity index (χ2n) is 7.33. The number of aryl methyl sites for hydroxylation is 2. The maximum atomic E-state index is 13.0. The van der Waals surface area contributed by atoms with Gasteiger partial charge in [0.05, 0.1) is 5.69 Å². The van der Waals surface area contributed by atoms with Gasteiger partial charge in [0.15, 0.2) is 5.82 Å². The van der Waals surface area contributed by atoms with Crippen LogP contribution in [0.25, 0.3) is 17.1 Å². The van der Waals surface area contributed by atoms with E-state index in [0.717, 1.165) is 32.4 Å². The smallest absolute Gasteiger partial charge is 0.295 e. The fraction of sp³-hybridized carbons (Fsp3) is 0.125. The molecule has 0 spiro atoms. The molecule has 1 amide bonds. The molecule has 0 aliphatic rings. The SMILES string of the molecule is Cc1ccc(-c2nc(C(=O)Nc3ccc(Br)cc3C)nn2-c2cccc(Cl)c2C)cc1. The zero-order valence-corrected chi connectivity index (χ0v) is 19.6. The Morgan fingerprint density at radius 3 is 2.48 bits per heavy atom. The minimum atomic E-state index is -0.378. The van der Waals surface area contributed by atoms with Gasteiger partial charge in [-0.15, -0.1) is 5.10 Å². The van der Waals surface area contributed by atoms with E-state index in [9.17, 15) is 4.79 Å². The predicted octanol–water partition coefficient (Wildman–Crippen LogP) is 6.53. The molecule has 1 aromatic heterocycles. The zero-order valence-electron chi connectivity index (χ0n) is 17.3. The number of hydrogen-bond acceptors (Lipinski definition) is 3. The van der Waals surface area contributed by atoms with Gasteiger partial charge in [-0.3, -0.25) is 4.79 Å². The average molecular weight is 496 g/mol. The van der Waals surface area contributed by atoms with Gasteiger partial charge >= 0.3 is 0 Å². The number of anilines is 1. The Hall–Kier alpha value is -2.96. The Morgan fingerprint density at radius 1 is 1.03 bits per heavy atom. The third-order valence-electron chi connectivity index (χ3n) is 5.02. The van der Waals surface area contributed by atoms with Crippen molar-refractivity contribution in [1.29, 1.82) is 0 Å². The lowest BCUT2D eigenvalue weighted by atomic mass is 10.1. The average Bonchev–Trinajstić information content (AvgIpc) is 3.18. The van der Waals surface area contributed by atoms with Crippen LogP contribution in [0.15, 0.2) is 65.1 Å². The van der Waals surface area contributed by atoms with E-state index in [1.54, 1.807) is 4.68 Å². The van der Waals surface area contributed by atoms with Gasteiger partial charge in [-0.25, -0.2) is 9.67 Å². The van der Waals surface area contributed by atoms with Gasteiger partial charge in [0.1, 0.15) is 0 Å². The van der Waals surface area contributed by atoms with E-state index in [4.69, 9.17) is 11.6 Å². The highest BCUT2D eigenvalue weighted by molar-refractivity contribution is 9.10. The number of benzene rings is 3. The topological polar surface area (TPSA) is 59.8 Å². The highest BCUT2D eigenvalue weighted by Crippen LogP contribution is 2.27. The Morgan fingerprint density at radius 2 is 1.77 bits per heavy atom. The number of carbonyl (C=O) groups is 1. The maximum Gasteiger partial charge on any atom is 0.295 e. The first-order valence-electron chi connectivity index (χ1n) is 9.70. The summed E-state index contributed by atoms with van der Waals surface area (Å²) in [6.07, 6.45) is 0. The molecule has 0 saturated heterocycles. The third kappa shape index (κ3) is 4.40. The molecular formula is C24H20BrClN4O. The summed E-state index contributed by atoms with van der Waals surface area (Å²) in [7, 11) is 0. The lowest BCUT2D eigenvalue weighted by Crippen LogP contribution is -2.15. The minimum absolute atomic E-state index is 0.0808. The molecule has 5 nitrogen and oxygen atoms in total. The van der Waals surface area contributed by atoms with Gasteiger partial charge in [0.25, 0.3) is 5.91 Å². The van der Waals surface area contributed by atoms with Crippen LogP contribution in [-0.4, -0.2) is 20.7 Å². The van der Waals surface area contributed by atoms with E-state index in [-0.39, 0.29) is 11.7 Å². The van der Waals surface area contributed by atoms with Gasteiger partial charge in [-0.1, -0.05) is 63.4 Å². The molecule has 3 aromatic carbocycles. The molecule has 0 atom stereocenters. The van der Waals surface area contributed by atoms with Crippen LogP contribution in [0, 0.1) is 20.8 Å². The third-order valence-corrected chi connectivity index (χ3v) is 5.93. The number of nitrogens with zero attached hydrogens (tertiary/aromatic N) is 3. The largest absolute Gasteiger partial charge is 0.319 e. The lowest BCUT2D eigenvalue weighted by molar-refractivity contribution is 0.101. The van der Waals surface area contributed by atoms with Crippen molar-refractivity contribution in [2.24, 2.45) is 0 Å². The lowest BCUT2D eigenvalue weighted by Gasteiger charge is -2.10. The number of hydrogen-bond donors (Lipinski definition) is 1. The summed E-state index contributed by atoms with van der Waals surface area (Å²) in [4.78, 5) is 17.6. The number of amides is 1. The van der Waals surface area contributed by atoms with Gasteiger partial charge < -0.3 is 5.32 Å². The van der Waals surface area contributed by atoms with E-state index < -0.39 is 0 Å². The quantitative estimate of drug-likeness (QED) is 0.350. The minimum Gasteiger partial charge on any atom is -0.319 e. The van der Waals surface area contributed by atoms with Gasteiger partial charge in [0.2, 0.25) is 5.82 Å². The molecule has 4 rings (SSSR count). The van der Waals surface area contributed by atoms with Crippen molar-refractivity contribution in [2.75, 3.05) is 5.32 Å². The summed E-state index contributed by atoms with van der Waals surface area (Å²) < 4.78 is 2.62. The number of halogens is 2. The van der Waals surface area contributed by atoms with Crippen LogP contribution in [0.5, 0.6) is 0 Å². The van der Waals surface area contributed by atoms with E-state index >= 15 is 0 Å². The van der Waals surface area contributed by atoms with Gasteiger partial charge in [-0.05, 0) is 62.2 Å². The molecule has 7 heteroatoms. The van der Waals surface area contributed by atoms with Crippen molar-refractivity contribution in [3.8, 4) is 17.1 Å². The fourth-order valence-corrected chi connectivity index (χ4v) is 3.88. The number of nitrogens with one attached hydrogen (secondary N) is 1.